The van der Waals surface area contributed by atoms with Gasteiger partial charge in [0, 0.05) is 45.5 Å². The first-order valence-corrected chi connectivity index (χ1v) is 17.0. The number of benzene rings is 2. The van der Waals surface area contributed by atoms with Crippen LogP contribution in [-0.2, 0) is 16.0 Å². The molecular formula is C36H39F3N6O5. The van der Waals surface area contributed by atoms with Crippen LogP contribution in [-0.4, -0.2) is 99.8 Å². The fourth-order valence-corrected chi connectivity index (χ4v) is 7.70. The summed E-state index contributed by atoms with van der Waals surface area (Å²) in [5, 5.41) is 11.8. The first kappa shape index (κ1) is 33.8. The van der Waals surface area contributed by atoms with E-state index in [0.717, 1.165) is 24.3 Å². The Labute approximate surface area is 287 Å². The Balaban J connectivity index is 1.35. The number of nitrogens with zero attached hydrogens (tertiary/aromatic N) is 6. The van der Waals surface area contributed by atoms with Crippen molar-refractivity contribution in [3.05, 3.63) is 41.5 Å². The molecule has 0 radical (unpaired) electrons. The molecule has 3 aliphatic rings. The number of alkyl halides is 1. The van der Waals surface area contributed by atoms with Crippen LogP contribution < -0.4 is 14.4 Å². The number of aromatic hydroxyl groups is 1. The van der Waals surface area contributed by atoms with Crippen molar-refractivity contribution >= 4 is 39.3 Å². The molecule has 2 aromatic carbocycles. The average molecular weight is 693 g/mol. The van der Waals surface area contributed by atoms with E-state index >= 15 is 8.78 Å². The van der Waals surface area contributed by atoms with E-state index in [4.69, 9.17) is 14.5 Å². The maximum atomic E-state index is 17.0. The number of imide groups is 1. The van der Waals surface area contributed by atoms with Gasteiger partial charge in [-0.2, -0.15) is 9.97 Å². The minimum Gasteiger partial charge on any atom is -0.508 e. The Kier molecular flexibility index (Phi) is 8.91. The number of carbonyl (C=O) groups is 2. The van der Waals surface area contributed by atoms with Gasteiger partial charge < -0.3 is 19.5 Å². The van der Waals surface area contributed by atoms with E-state index in [9.17, 15) is 19.1 Å². The van der Waals surface area contributed by atoms with Crippen molar-refractivity contribution in [3.8, 4) is 28.9 Å². The summed E-state index contributed by atoms with van der Waals surface area (Å²) in [6, 6.07) is 5.57. The molecule has 14 heteroatoms. The van der Waals surface area contributed by atoms with Gasteiger partial charge in [0.15, 0.2) is 5.82 Å². The van der Waals surface area contributed by atoms with E-state index in [1.807, 2.05) is 4.90 Å². The number of aromatic nitrogens is 3. The van der Waals surface area contributed by atoms with Crippen LogP contribution >= 0.6 is 0 Å². The quantitative estimate of drug-likeness (QED) is 0.247. The smallest absolute Gasteiger partial charge is 0.319 e. The predicted molar refractivity (Wildman–Crippen MR) is 180 cm³/mol. The monoisotopic (exact) mass is 692 g/mol. The van der Waals surface area contributed by atoms with Gasteiger partial charge in [0.2, 0.25) is 17.7 Å². The molecule has 2 amide bonds. The Morgan fingerprint density at radius 3 is 2.76 bits per heavy atom. The topological polar surface area (TPSA) is 121 Å². The minimum absolute atomic E-state index is 0.0513. The molecule has 2 fully saturated rings. The Morgan fingerprint density at radius 1 is 1.16 bits per heavy atom. The van der Waals surface area contributed by atoms with Crippen molar-refractivity contribution in [1.29, 1.82) is 0 Å². The SMILES string of the molecule is CCc1c(F)ccc2cc(O)cc(-c3nc4c5c(nc(OC[C@@]67CCCN6C[C@H](F)C7)nc5c3F)N(CCCC(=O)N(C)C(C)=O)CCO4)c12. The summed E-state index contributed by atoms with van der Waals surface area (Å²) in [5.41, 5.74) is -0.325. The van der Waals surface area contributed by atoms with E-state index < -0.39 is 23.3 Å². The number of aryl methyl sites for hydroxylation is 1. The number of amides is 2. The predicted octanol–water partition coefficient (Wildman–Crippen LogP) is 5.33. The van der Waals surface area contributed by atoms with Crippen LogP contribution in [0.2, 0.25) is 0 Å². The number of anilines is 1. The second-order valence-corrected chi connectivity index (χ2v) is 13.4. The number of phenolic OH excluding ortho intramolecular Hbond substituents is 1. The molecule has 264 valence electrons. The van der Waals surface area contributed by atoms with E-state index in [-0.39, 0.29) is 71.2 Å². The van der Waals surface area contributed by atoms with Crippen LogP contribution in [0.3, 0.4) is 0 Å². The Bertz CT molecular complexity index is 2010. The first-order chi connectivity index (χ1) is 24.0. The van der Waals surface area contributed by atoms with Crippen LogP contribution in [0.5, 0.6) is 17.6 Å². The zero-order chi connectivity index (χ0) is 35.3. The summed E-state index contributed by atoms with van der Waals surface area (Å²) in [7, 11) is 1.43. The molecule has 4 aromatic rings. The van der Waals surface area contributed by atoms with E-state index in [2.05, 4.69) is 14.9 Å². The van der Waals surface area contributed by atoms with Crippen LogP contribution in [0.25, 0.3) is 32.9 Å². The fourth-order valence-electron chi connectivity index (χ4n) is 7.70. The average Bonchev–Trinajstić information content (AvgIpc) is 3.55. The third kappa shape index (κ3) is 5.92. The lowest BCUT2D eigenvalue weighted by atomic mass is 9.94. The highest BCUT2D eigenvalue weighted by Gasteiger charge is 2.49. The zero-order valence-corrected chi connectivity index (χ0v) is 28.3. The molecule has 1 N–H and O–H groups in total. The molecule has 2 saturated heterocycles. The maximum absolute atomic E-state index is 17.0. The van der Waals surface area contributed by atoms with Gasteiger partial charge in [0.05, 0.1) is 12.1 Å². The van der Waals surface area contributed by atoms with Crippen molar-refractivity contribution in [3.63, 3.8) is 0 Å². The minimum atomic E-state index is -0.970. The van der Waals surface area contributed by atoms with E-state index in [1.165, 1.54) is 38.2 Å². The second-order valence-electron chi connectivity index (χ2n) is 13.4. The number of hydrogen-bond acceptors (Lipinski definition) is 10. The molecule has 50 heavy (non-hydrogen) atoms. The highest BCUT2D eigenvalue weighted by Crippen LogP contribution is 2.44. The lowest BCUT2D eigenvalue weighted by molar-refractivity contribution is -0.141. The summed E-state index contributed by atoms with van der Waals surface area (Å²) in [5.74, 6) is -1.81. The van der Waals surface area contributed by atoms with Crippen molar-refractivity contribution < 1.29 is 37.3 Å². The summed E-state index contributed by atoms with van der Waals surface area (Å²) >= 11 is 0. The highest BCUT2D eigenvalue weighted by molar-refractivity contribution is 6.03. The third-order valence-electron chi connectivity index (χ3n) is 10.3. The molecule has 0 unspecified atom stereocenters. The second kappa shape index (κ2) is 13.2. The van der Waals surface area contributed by atoms with E-state index in [1.54, 1.807) is 6.92 Å². The number of fused-ring (bicyclic) bond motifs is 2. The van der Waals surface area contributed by atoms with Gasteiger partial charge in [-0.25, -0.2) is 18.2 Å². The molecule has 0 spiro atoms. The molecule has 11 nitrogen and oxygen atoms in total. The number of halogens is 3. The third-order valence-corrected chi connectivity index (χ3v) is 10.3. The number of ether oxygens (including phenoxy) is 2. The number of carbonyl (C=O) groups excluding carboxylic acids is 2. The van der Waals surface area contributed by atoms with Gasteiger partial charge in [-0.15, -0.1) is 0 Å². The van der Waals surface area contributed by atoms with Gasteiger partial charge in [0.25, 0.3) is 0 Å². The highest BCUT2D eigenvalue weighted by atomic mass is 19.1. The summed E-state index contributed by atoms with van der Waals surface area (Å²) in [6.45, 7) is 5.07. The van der Waals surface area contributed by atoms with Gasteiger partial charge in [0.1, 0.15) is 53.4 Å². The van der Waals surface area contributed by atoms with Crippen LogP contribution in [0.15, 0.2) is 24.3 Å². The summed E-state index contributed by atoms with van der Waals surface area (Å²) in [6.07, 6.45) is 1.77. The molecule has 2 atom stereocenters. The van der Waals surface area contributed by atoms with Crippen molar-refractivity contribution in [2.75, 3.05) is 51.3 Å². The molecular weight excluding hydrogens is 653 g/mol. The molecule has 2 aromatic heterocycles. The Hall–Kier alpha value is -4.72. The van der Waals surface area contributed by atoms with Gasteiger partial charge in [-0.3, -0.25) is 19.4 Å². The molecule has 0 aliphatic carbocycles. The molecule has 0 bridgehead atoms. The molecule has 5 heterocycles. The van der Waals surface area contributed by atoms with Crippen LogP contribution in [0.4, 0.5) is 19.0 Å². The maximum Gasteiger partial charge on any atom is 0.319 e. The molecule has 7 rings (SSSR count). The van der Waals surface area contributed by atoms with Crippen LogP contribution in [0, 0.1) is 11.6 Å². The van der Waals surface area contributed by atoms with Crippen molar-refractivity contribution in [2.45, 2.75) is 64.1 Å². The van der Waals surface area contributed by atoms with Gasteiger partial charge >= 0.3 is 6.01 Å². The van der Waals surface area contributed by atoms with E-state index in [0.29, 0.717) is 61.1 Å². The molecule has 3 aliphatic heterocycles. The first-order valence-electron chi connectivity index (χ1n) is 17.0. The van der Waals surface area contributed by atoms with Crippen LogP contribution in [0.1, 0.15) is 51.5 Å². The summed E-state index contributed by atoms with van der Waals surface area (Å²) < 4.78 is 59.0. The fraction of sp³-hybridized carbons (Fsp3) is 0.472. The molecule has 0 saturated carbocycles. The Morgan fingerprint density at radius 2 is 1.98 bits per heavy atom. The zero-order valence-electron chi connectivity index (χ0n) is 28.3. The summed E-state index contributed by atoms with van der Waals surface area (Å²) in [4.78, 5) is 43.1. The lowest BCUT2D eigenvalue weighted by Crippen LogP contribution is -2.43. The van der Waals surface area contributed by atoms with Crippen molar-refractivity contribution in [1.82, 2.24) is 24.8 Å². The lowest BCUT2D eigenvalue weighted by Gasteiger charge is -2.31. The normalized spacial score (nSPS) is 20.2. The van der Waals surface area contributed by atoms with Gasteiger partial charge in [-0.1, -0.05) is 13.0 Å². The number of phenols is 1. The van der Waals surface area contributed by atoms with Gasteiger partial charge in [-0.05, 0) is 66.8 Å². The number of rotatable bonds is 9. The van der Waals surface area contributed by atoms with Crippen molar-refractivity contribution in [2.24, 2.45) is 0 Å². The number of pyridine rings is 1. The standard InChI is InChI=1S/C36H39F3N6O5/c1-4-24-26(38)9-8-21-15-23(47)16-25(28(21)24)31-30(39)32-29-33(42-35(41-32)50-19-36-10-6-12-45(36)18-22(37)17-36)44(13-14-49-34(29)40-31)11-5-7-27(48)43(3)20(2)46/h8-9,15-16,22,47H,4-7,10-14,17-19H2,1-3H3/t22-,36+/m1/s1. The number of hydrogen-bond donors (Lipinski definition) is 1. The largest absolute Gasteiger partial charge is 0.508 e.